The van der Waals surface area contributed by atoms with Gasteiger partial charge in [-0.25, -0.2) is 9.37 Å². The van der Waals surface area contributed by atoms with Crippen molar-refractivity contribution >= 4 is 46.3 Å². The van der Waals surface area contributed by atoms with Crippen LogP contribution in [0, 0.1) is 5.82 Å². The highest BCUT2D eigenvalue weighted by Crippen LogP contribution is 2.27. The zero-order valence-electron chi connectivity index (χ0n) is 16.3. The van der Waals surface area contributed by atoms with Crippen LogP contribution in [0.15, 0.2) is 58.3 Å². The van der Waals surface area contributed by atoms with Crippen LogP contribution < -0.4 is 4.90 Å². The number of carbonyl (C=O) groups is 1. The fourth-order valence-corrected chi connectivity index (χ4v) is 5.38. The van der Waals surface area contributed by atoms with Crippen LogP contribution in [-0.2, 0) is 17.0 Å². The summed E-state index contributed by atoms with van der Waals surface area (Å²) in [5, 5.41) is 2.68. The van der Waals surface area contributed by atoms with Crippen LogP contribution in [0.1, 0.15) is 11.3 Å². The van der Waals surface area contributed by atoms with E-state index in [0.29, 0.717) is 38.3 Å². The van der Waals surface area contributed by atoms with Gasteiger partial charge in [-0.05, 0) is 29.8 Å². The van der Waals surface area contributed by atoms with E-state index in [1.54, 1.807) is 35.2 Å². The minimum Gasteiger partial charge on any atom is -0.366 e. The standard InChI is InChI=1S/C22H21ClFN3OS2/c23-17-5-3-4-16(12-17)14-29-22-25-18(15-30-22)13-21(28)27-10-8-26(9-11-27)20-7-2-1-6-19(20)24/h1-7,12,15H,8-11,13-14H2. The highest BCUT2D eigenvalue weighted by atomic mass is 35.5. The minimum absolute atomic E-state index is 0.0693. The van der Waals surface area contributed by atoms with Gasteiger partial charge in [0.05, 0.1) is 17.8 Å². The lowest BCUT2D eigenvalue weighted by Crippen LogP contribution is -2.49. The van der Waals surface area contributed by atoms with Crippen LogP contribution in [0.5, 0.6) is 0 Å². The van der Waals surface area contributed by atoms with Gasteiger partial charge in [0.15, 0.2) is 0 Å². The van der Waals surface area contributed by atoms with Gasteiger partial charge < -0.3 is 9.80 Å². The molecule has 2 heterocycles. The lowest BCUT2D eigenvalue weighted by Gasteiger charge is -2.36. The van der Waals surface area contributed by atoms with E-state index in [1.807, 2.05) is 45.5 Å². The molecule has 0 bridgehead atoms. The van der Waals surface area contributed by atoms with Crippen LogP contribution in [0.3, 0.4) is 0 Å². The van der Waals surface area contributed by atoms with Crippen molar-refractivity contribution in [3.05, 3.63) is 76.0 Å². The molecule has 1 amide bonds. The van der Waals surface area contributed by atoms with Crippen LogP contribution >= 0.6 is 34.7 Å². The normalized spacial score (nSPS) is 14.2. The average molecular weight is 462 g/mol. The molecular weight excluding hydrogens is 441 g/mol. The molecule has 0 unspecified atom stereocenters. The monoisotopic (exact) mass is 461 g/mol. The number of hydrogen-bond acceptors (Lipinski definition) is 5. The SMILES string of the molecule is O=C(Cc1csc(SCc2cccc(Cl)c2)n1)N1CCN(c2ccccc2F)CC1. The van der Waals surface area contributed by atoms with E-state index in [2.05, 4.69) is 4.98 Å². The summed E-state index contributed by atoms with van der Waals surface area (Å²) in [5.41, 5.74) is 2.55. The van der Waals surface area contributed by atoms with Gasteiger partial charge in [0.25, 0.3) is 0 Å². The van der Waals surface area contributed by atoms with Crippen molar-refractivity contribution in [1.82, 2.24) is 9.88 Å². The smallest absolute Gasteiger partial charge is 0.228 e. The number of nitrogens with zero attached hydrogens (tertiary/aromatic N) is 3. The van der Waals surface area contributed by atoms with Crippen molar-refractivity contribution in [2.24, 2.45) is 0 Å². The van der Waals surface area contributed by atoms with Gasteiger partial charge in [0.2, 0.25) is 5.91 Å². The maximum Gasteiger partial charge on any atom is 0.228 e. The van der Waals surface area contributed by atoms with Gasteiger partial charge in [0.1, 0.15) is 10.2 Å². The largest absolute Gasteiger partial charge is 0.366 e. The highest BCUT2D eigenvalue weighted by Gasteiger charge is 2.23. The molecule has 1 saturated heterocycles. The number of piperazine rings is 1. The molecule has 0 N–H and O–H groups in total. The van der Waals surface area contributed by atoms with Crippen LogP contribution in [0.4, 0.5) is 10.1 Å². The number of aromatic nitrogens is 1. The van der Waals surface area contributed by atoms with E-state index in [1.165, 1.54) is 6.07 Å². The molecule has 0 atom stereocenters. The van der Waals surface area contributed by atoms with E-state index in [9.17, 15) is 9.18 Å². The van der Waals surface area contributed by atoms with E-state index in [0.717, 1.165) is 26.4 Å². The number of carbonyl (C=O) groups excluding carboxylic acids is 1. The summed E-state index contributed by atoms with van der Waals surface area (Å²) in [6, 6.07) is 14.6. The minimum atomic E-state index is -0.220. The highest BCUT2D eigenvalue weighted by molar-refractivity contribution is 8.00. The van der Waals surface area contributed by atoms with Crippen molar-refractivity contribution in [2.45, 2.75) is 16.5 Å². The Bertz CT molecular complexity index is 1020. The molecule has 156 valence electrons. The van der Waals surface area contributed by atoms with Gasteiger partial charge in [0, 0.05) is 42.3 Å². The second-order valence-electron chi connectivity index (χ2n) is 7.02. The summed E-state index contributed by atoms with van der Waals surface area (Å²) in [6.45, 7) is 2.44. The predicted molar refractivity (Wildman–Crippen MR) is 122 cm³/mol. The fraction of sp³-hybridized carbons (Fsp3) is 0.273. The number of amides is 1. The molecule has 0 radical (unpaired) electrons. The molecule has 4 rings (SSSR count). The Labute approximate surface area is 188 Å². The number of thioether (sulfide) groups is 1. The topological polar surface area (TPSA) is 36.4 Å². The molecule has 0 saturated carbocycles. The van der Waals surface area contributed by atoms with Crippen molar-refractivity contribution < 1.29 is 9.18 Å². The van der Waals surface area contributed by atoms with Crippen LogP contribution in [0.25, 0.3) is 0 Å². The molecule has 0 aliphatic carbocycles. The zero-order chi connectivity index (χ0) is 20.9. The predicted octanol–water partition coefficient (Wildman–Crippen LogP) is 5.12. The lowest BCUT2D eigenvalue weighted by molar-refractivity contribution is -0.130. The number of benzene rings is 2. The number of para-hydroxylation sites is 1. The van der Waals surface area contributed by atoms with Crippen molar-refractivity contribution in [3.63, 3.8) is 0 Å². The fourth-order valence-electron chi connectivity index (χ4n) is 3.38. The van der Waals surface area contributed by atoms with Crippen LogP contribution in [0.2, 0.25) is 5.02 Å². The first-order chi connectivity index (χ1) is 14.6. The van der Waals surface area contributed by atoms with Gasteiger partial charge >= 0.3 is 0 Å². The number of rotatable bonds is 6. The van der Waals surface area contributed by atoms with Gasteiger partial charge in [-0.15, -0.1) is 11.3 Å². The Morgan fingerprint density at radius 2 is 1.93 bits per heavy atom. The molecule has 2 aromatic carbocycles. The second-order valence-corrected chi connectivity index (χ2v) is 9.54. The Morgan fingerprint density at radius 1 is 1.13 bits per heavy atom. The molecule has 1 aromatic heterocycles. The second kappa shape index (κ2) is 9.81. The third kappa shape index (κ3) is 5.33. The molecule has 1 aliphatic heterocycles. The van der Waals surface area contributed by atoms with Gasteiger partial charge in [-0.1, -0.05) is 47.6 Å². The number of hydrogen-bond donors (Lipinski definition) is 0. The van der Waals surface area contributed by atoms with Gasteiger partial charge in [-0.3, -0.25) is 4.79 Å². The summed E-state index contributed by atoms with van der Waals surface area (Å²) in [6.07, 6.45) is 0.300. The first-order valence-corrected chi connectivity index (χ1v) is 11.9. The van der Waals surface area contributed by atoms with Crippen molar-refractivity contribution in [1.29, 1.82) is 0 Å². The van der Waals surface area contributed by atoms with Crippen molar-refractivity contribution in [2.75, 3.05) is 31.1 Å². The number of anilines is 1. The maximum atomic E-state index is 14.0. The van der Waals surface area contributed by atoms with E-state index in [-0.39, 0.29) is 11.7 Å². The summed E-state index contributed by atoms with van der Waals surface area (Å²) in [5.74, 6) is 0.641. The Morgan fingerprint density at radius 3 is 2.70 bits per heavy atom. The molecule has 1 fully saturated rings. The first-order valence-electron chi connectivity index (χ1n) is 9.67. The summed E-state index contributed by atoms with van der Waals surface area (Å²) in [7, 11) is 0. The summed E-state index contributed by atoms with van der Waals surface area (Å²) < 4.78 is 14.9. The molecular formula is C22H21ClFN3OS2. The molecule has 30 heavy (non-hydrogen) atoms. The van der Waals surface area contributed by atoms with E-state index < -0.39 is 0 Å². The quantitative estimate of drug-likeness (QED) is 0.477. The molecule has 8 heteroatoms. The zero-order valence-corrected chi connectivity index (χ0v) is 18.7. The lowest BCUT2D eigenvalue weighted by atomic mass is 10.2. The Balaban J connectivity index is 1.27. The molecule has 1 aliphatic rings. The van der Waals surface area contributed by atoms with Gasteiger partial charge in [-0.2, -0.15) is 0 Å². The van der Waals surface area contributed by atoms with Crippen LogP contribution in [-0.4, -0.2) is 42.0 Å². The van der Waals surface area contributed by atoms with E-state index in [4.69, 9.17) is 11.6 Å². The third-order valence-corrected chi connectivity index (χ3v) is 7.32. The molecule has 4 nitrogen and oxygen atoms in total. The van der Waals surface area contributed by atoms with E-state index >= 15 is 0 Å². The first kappa shape index (κ1) is 21.2. The molecule has 3 aromatic rings. The van der Waals surface area contributed by atoms with Crippen molar-refractivity contribution in [3.8, 4) is 0 Å². The average Bonchev–Trinajstić information content (AvgIpc) is 3.20. The summed E-state index contributed by atoms with van der Waals surface area (Å²) >= 11 is 9.23. The number of thiazole rings is 1. The Hall–Kier alpha value is -2.09. The third-order valence-electron chi connectivity index (χ3n) is 4.94. The summed E-state index contributed by atoms with van der Waals surface area (Å²) in [4.78, 5) is 21.1. The number of halogens is 2. The Kier molecular flexibility index (Phi) is 6.92. The molecule has 0 spiro atoms. The maximum absolute atomic E-state index is 14.0.